The number of hydrogen-bond acceptors (Lipinski definition) is 13. The lowest BCUT2D eigenvalue weighted by atomic mass is 9.94. The summed E-state index contributed by atoms with van der Waals surface area (Å²) < 4.78 is 18.4. The second-order valence-corrected chi connectivity index (χ2v) is 23.5. The maximum absolute atomic E-state index is 14.6. The summed E-state index contributed by atoms with van der Waals surface area (Å²) in [6, 6.07) is 24.6. The monoisotopic (exact) mass is 836 g/mol. The molecule has 0 radical (unpaired) electrons. The number of nitrogens with two attached hydrogens (primary N) is 1. The SMILES string of the molecule is COC(=O)c1nc(N2CCc3cccc(C(=O)N(COCC[Si](C)(C)C)c4nc5ccccc5s4)c3C2)sc1CCCOc1ccc(-c2csc(N)c2C#N)cc1. The number of fused-ring (bicyclic) bond motifs is 2. The maximum atomic E-state index is 14.6. The standard InChI is InChI=1S/C42H44N6O5S3Si/c1-51-40(50)37-36(13-8-20-53-29-16-14-28(15-17-29)33-25-54-38(44)31(33)23-43)56-41(46-37)47-19-18-27-9-7-10-30(32(27)24-47)39(49)48(26-52-21-22-57(2,3)4)42-45-34-11-5-6-12-35(34)55-42/h5-7,9-12,14-17,25H,8,13,18-22,24,26,44H2,1-4H3. The van der Waals surface area contributed by atoms with Crippen molar-refractivity contribution in [3.63, 3.8) is 0 Å². The Kier molecular flexibility index (Phi) is 12.4. The number of benzene rings is 3. The number of carbonyl (C=O) groups excluding carboxylic acids is 2. The molecule has 15 heteroatoms. The van der Waals surface area contributed by atoms with E-state index in [2.05, 4.69) is 36.7 Å². The van der Waals surface area contributed by atoms with Gasteiger partial charge in [0.15, 0.2) is 16.0 Å². The summed E-state index contributed by atoms with van der Waals surface area (Å²) in [7, 11) is 0.0312. The van der Waals surface area contributed by atoms with Gasteiger partial charge in [0.25, 0.3) is 5.91 Å². The van der Waals surface area contributed by atoms with Crippen LogP contribution in [-0.4, -0.2) is 63.5 Å². The van der Waals surface area contributed by atoms with Gasteiger partial charge in [0.2, 0.25) is 0 Å². The van der Waals surface area contributed by atoms with Crippen LogP contribution in [0.25, 0.3) is 21.3 Å². The highest BCUT2D eigenvalue weighted by Gasteiger charge is 2.30. The molecule has 2 N–H and O–H groups in total. The number of anilines is 3. The van der Waals surface area contributed by atoms with E-state index >= 15 is 0 Å². The summed E-state index contributed by atoms with van der Waals surface area (Å²) in [5.41, 5.74) is 11.9. The Balaban J connectivity index is 1.06. The van der Waals surface area contributed by atoms with E-state index in [1.54, 1.807) is 4.90 Å². The number of aromatic nitrogens is 2. The van der Waals surface area contributed by atoms with Gasteiger partial charge in [0.1, 0.15) is 23.6 Å². The lowest BCUT2D eigenvalue weighted by Gasteiger charge is -2.31. The summed E-state index contributed by atoms with van der Waals surface area (Å²) in [5.74, 6) is 0.0630. The van der Waals surface area contributed by atoms with Crippen LogP contribution >= 0.6 is 34.0 Å². The van der Waals surface area contributed by atoms with Crippen LogP contribution in [0.3, 0.4) is 0 Å². The van der Waals surface area contributed by atoms with E-state index in [0.717, 1.165) is 49.8 Å². The van der Waals surface area contributed by atoms with E-state index in [-0.39, 0.29) is 12.6 Å². The zero-order chi connectivity index (χ0) is 40.1. The number of thiophene rings is 1. The van der Waals surface area contributed by atoms with Crippen molar-refractivity contribution in [1.82, 2.24) is 9.97 Å². The van der Waals surface area contributed by atoms with Gasteiger partial charge in [-0.1, -0.05) is 67.4 Å². The molecule has 1 aliphatic heterocycles. The molecule has 1 amide bonds. The fourth-order valence-electron chi connectivity index (χ4n) is 6.55. The molecule has 0 fully saturated rings. The molecule has 0 spiro atoms. The molecule has 57 heavy (non-hydrogen) atoms. The number of nitrogens with zero attached hydrogens (tertiary/aromatic N) is 5. The number of rotatable bonds is 15. The van der Waals surface area contributed by atoms with Gasteiger partial charge in [-0.2, -0.15) is 5.26 Å². The third-order valence-corrected chi connectivity index (χ3v) is 14.5. The zero-order valence-electron chi connectivity index (χ0n) is 32.4. The van der Waals surface area contributed by atoms with Crippen molar-refractivity contribution in [1.29, 1.82) is 5.26 Å². The van der Waals surface area contributed by atoms with Crippen LogP contribution in [0.2, 0.25) is 25.7 Å². The molecule has 0 saturated carbocycles. The molecule has 0 aliphatic carbocycles. The van der Waals surface area contributed by atoms with Crippen LogP contribution in [-0.2, 0) is 28.9 Å². The van der Waals surface area contributed by atoms with E-state index in [1.165, 1.54) is 41.1 Å². The quantitative estimate of drug-likeness (QED) is 0.0460. The summed E-state index contributed by atoms with van der Waals surface area (Å²) in [6.45, 7) is 9.19. The minimum absolute atomic E-state index is 0.109. The van der Waals surface area contributed by atoms with E-state index in [1.807, 2.05) is 66.0 Å². The van der Waals surface area contributed by atoms with Crippen LogP contribution < -0.4 is 20.3 Å². The molecule has 294 valence electrons. The summed E-state index contributed by atoms with van der Waals surface area (Å²) in [4.78, 5) is 41.8. The van der Waals surface area contributed by atoms with Gasteiger partial charge < -0.3 is 24.8 Å². The number of nitrogen functional groups attached to an aromatic ring is 1. The Morgan fingerprint density at radius 1 is 1.02 bits per heavy atom. The summed E-state index contributed by atoms with van der Waals surface area (Å²) in [5, 5.41) is 13.2. The number of hydrogen-bond donors (Lipinski definition) is 1. The minimum Gasteiger partial charge on any atom is -0.494 e. The highest BCUT2D eigenvalue weighted by molar-refractivity contribution is 7.22. The molecule has 7 rings (SSSR count). The molecule has 3 aromatic heterocycles. The largest absolute Gasteiger partial charge is 0.494 e. The lowest BCUT2D eigenvalue weighted by molar-refractivity contribution is 0.0593. The molecule has 0 bridgehead atoms. The van der Waals surface area contributed by atoms with Gasteiger partial charge in [0.05, 0.1) is 29.5 Å². The van der Waals surface area contributed by atoms with Crippen molar-refractivity contribution in [2.24, 2.45) is 0 Å². The molecule has 0 saturated heterocycles. The van der Waals surface area contributed by atoms with Gasteiger partial charge >= 0.3 is 5.97 Å². The van der Waals surface area contributed by atoms with E-state index in [4.69, 9.17) is 29.9 Å². The number of carbonyl (C=O) groups is 2. The number of methoxy groups -OCH3 is 1. The van der Waals surface area contributed by atoms with Crippen LogP contribution in [0.5, 0.6) is 5.75 Å². The molecule has 4 heterocycles. The first-order valence-corrected chi connectivity index (χ1v) is 24.9. The number of nitriles is 1. The fraction of sp³-hybridized carbons (Fsp3) is 0.310. The Labute approximate surface area is 345 Å². The first kappa shape index (κ1) is 40.1. The highest BCUT2D eigenvalue weighted by Crippen LogP contribution is 2.36. The van der Waals surface area contributed by atoms with Gasteiger partial charge in [-0.15, -0.1) is 22.7 Å². The second kappa shape index (κ2) is 17.6. The number of aryl methyl sites for hydroxylation is 1. The van der Waals surface area contributed by atoms with Crippen molar-refractivity contribution >= 4 is 79.4 Å². The Hall–Kier alpha value is -5.11. The molecule has 1 aliphatic rings. The minimum atomic E-state index is -1.33. The van der Waals surface area contributed by atoms with E-state index in [0.29, 0.717) is 77.0 Å². The van der Waals surface area contributed by atoms with Crippen LogP contribution in [0, 0.1) is 11.3 Å². The van der Waals surface area contributed by atoms with Crippen molar-refractivity contribution < 1.29 is 23.8 Å². The number of thiazole rings is 2. The third kappa shape index (κ3) is 9.21. The van der Waals surface area contributed by atoms with Crippen molar-refractivity contribution in [2.75, 3.05) is 49.1 Å². The van der Waals surface area contributed by atoms with Crippen LogP contribution in [0.1, 0.15) is 48.8 Å². The van der Waals surface area contributed by atoms with E-state index in [9.17, 15) is 14.9 Å². The Morgan fingerprint density at radius 2 is 1.82 bits per heavy atom. The van der Waals surface area contributed by atoms with Gasteiger partial charge in [-0.3, -0.25) is 9.69 Å². The lowest BCUT2D eigenvalue weighted by Crippen LogP contribution is -2.37. The van der Waals surface area contributed by atoms with Crippen molar-refractivity contribution in [3.8, 4) is 22.9 Å². The first-order valence-electron chi connectivity index (χ1n) is 18.7. The first-order chi connectivity index (χ1) is 27.5. The second-order valence-electron chi connectivity index (χ2n) is 14.9. The molecule has 6 aromatic rings. The summed E-state index contributed by atoms with van der Waals surface area (Å²) in [6.07, 6.45) is 1.94. The smallest absolute Gasteiger partial charge is 0.357 e. The van der Waals surface area contributed by atoms with Gasteiger partial charge in [-0.25, -0.2) is 14.8 Å². The van der Waals surface area contributed by atoms with Gasteiger partial charge in [-0.05, 0) is 72.3 Å². The third-order valence-electron chi connectivity index (χ3n) is 9.73. The number of amides is 1. The number of para-hydroxylation sites is 1. The van der Waals surface area contributed by atoms with Gasteiger partial charge in [0, 0.05) is 49.2 Å². The molecular weight excluding hydrogens is 793 g/mol. The van der Waals surface area contributed by atoms with E-state index < -0.39 is 14.0 Å². The fourth-order valence-corrected chi connectivity index (χ4v) is 10.1. The maximum Gasteiger partial charge on any atom is 0.357 e. The highest BCUT2D eigenvalue weighted by atomic mass is 32.1. The normalized spacial score (nSPS) is 12.6. The summed E-state index contributed by atoms with van der Waals surface area (Å²) >= 11 is 4.31. The number of ether oxygens (including phenoxy) is 3. The van der Waals surface area contributed by atoms with Crippen LogP contribution in [0.4, 0.5) is 15.3 Å². The Bertz CT molecular complexity index is 2400. The average molecular weight is 837 g/mol. The Morgan fingerprint density at radius 3 is 2.58 bits per heavy atom. The number of esters is 1. The predicted octanol–water partition coefficient (Wildman–Crippen LogP) is 9.26. The van der Waals surface area contributed by atoms with Crippen molar-refractivity contribution in [2.45, 2.75) is 51.5 Å². The molecule has 0 unspecified atom stereocenters. The zero-order valence-corrected chi connectivity index (χ0v) is 35.8. The molecular formula is C42H44N6O5S3Si. The van der Waals surface area contributed by atoms with Crippen LogP contribution in [0.15, 0.2) is 72.1 Å². The predicted molar refractivity (Wildman–Crippen MR) is 233 cm³/mol. The molecule has 3 aromatic carbocycles. The molecule has 0 atom stereocenters. The van der Waals surface area contributed by atoms with Crippen molar-refractivity contribution in [3.05, 3.63) is 105 Å². The molecule has 11 nitrogen and oxygen atoms in total. The average Bonchev–Trinajstić information content (AvgIpc) is 3.95. The topological polar surface area (TPSA) is 144 Å².